The number of ketones is 1. The van der Waals surface area contributed by atoms with Crippen LogP contribution < -0.4 is 5.32 Å². The number of rotatable bonds is 4. The molecule has 1 atom stereocenters. The van der Waals surface area contributed by atoms with Crippen LogP contribution in [0.3, 0.4) is 0 Å². The number of nitrogens with one attached hydrogen (secondary N) is 1. The summed E-state index contributed by atoms with van der Waals surface area (Å²) >= 11 is 0. The molecular formula is C14H16F3NO. The fourth-order valence-electron chi connectivity index (χ4n) is 2.74. The summed E-state index contributed by atoms with van der Waals surface area (Å²) in [7, 11) is 0. The maximum absolute atomic E-state index is 13.2. The summed E-state index contributed by atoms with van der Waals surface area (Å²) in [6.45, 7) is 3.16. The topological polar surface area (TPSA) is 29.1 Å². The summed E-state index contributed by atoms with van der Waals surface area (Å²) < 4.78 is 39.4. The number of halogens is 3. The lowest BCUT2D eigenvalue weighted by Gasteiger charge is -2.26. The molecule has 0 aliphatic carbocycles. The van der Waals surface area contributed by atoms with Crippen molar-refractivity contribution < 1.29 is 18.0 Å². The molecule has 1 unspecified atom stereocenters. The van der Waals surface area contributed by atoms with Crippen molar-refractivity contribution in [3.8, 4) is 0 Å². The van der Waals surface area contributed by atoms with E-state index >= 15 is 0 Å². The van der Waals surface area contributed by atoms with Gasteiger partial charge >= 0.3 is 0 Å². The highest BCUT2D eigenvalue weighted by Crippen LogP contribution is 2.35. The molecular weight excluding hydrogens is 255 g/mol. The third-order valence-electron chi connectivity index (χ3n) is 3.70. The minimum absolute atomic E-state index is 0.0893. The van der Waals surface area contributed by atoms with E-state index in [1.165, 1.54) is 0 Å². The van der Waals surface area contributed by atoms with Gasteiger partial charge in [-0.25, -0.2) is 13.2 Å². The Morgan fingerprint density at radius 3 is 2.42 bits per heavy atom. The SMILES string of the molecule is CCCC1(C(=O)c2cc(F)c(F)c(F)c2)CCNC1. The van der Waals surface area contributed by atoms with Crippen molar-refractivity contribution in [1.29, 1.82) is 0 Å². The summed E-state index contributed by atoms with van der Waals surface area (Å²) in [5.74, 6) is -4.48. The normalized spacial score (nSPS) is 22.7. The third-order valence-corrected chi connectivity index (χ3v) is 3.70. The van der Waals surface area contributed by atoms with Crippen molar-refractivity contribution in [1.82, 2.24) is 5.32 Å². The van der Waals surface area contributed by atoms with Crippen molar-refractivity contribution in [3.05, 3.63) is 35.1 Å². The first-order valence-electron chi connectivity index (χ1n) is 6.40. The van der Waals surface area contributed by atoms with E-state index in [-0.39, 0.29) is 11.3 Å². The average molecular weight is 271 g/mol. The van der Waals surface area contributed by atoms with Crippen molar-refractivity contribution in [2.24, 2.45) is 5.41 Å². The first-order chi connectivity index (χ1) is 9.00. The van der Waals surface area contributed by atoms with Crippen molar-refractivity contribution in [2.45, 2.75) is 26.2 Å². The van der Waals surface area contributed by atoms with Gasteiger partial charge in [-0.15, -0.1) is 0 Å². The lowest BCUT2D eigenvalue weighted by molar-refractivity contribution is 0.0800. The van der Waals surface area contributed by atoms with E-state index in [0.29, 0.717) is 25.9 Å². The first kappa shape index (κ1) is 14.1. The Bertz CT molecular complexity index is 472. The lowest BCUT2D eigenvalue weighted by Crippen LogP contribution is -2.33. The molecule has 1 saturated heterocycles. The van der Waals surface area contributed by atoms with Crippen molar-refractivity contribution in [2.75, 3.05) is 13.1 Å². The fraction of sp³-hybridized carbons (Fsp3) is 0.500. The third kappa shape index (κ3) is 2.52. The Hall–Kier alpha value is -1.36. The van der Waals surface area contributed by atoms with Gasteiger partial charge in [-0.05, 0) is 31.5 Å². The van der Waals surface area contributed by atoms with Crippen LogP contribution in [0.15, 0.2) is 12.1 Å². The van der Waals surface area contributed by atoms with E-state index < -0.39 is 22.9 Å². The second-order valence-corrected chi connectivity index (χ2v) is 5.04. The van der Waals surface area contributed by atoms with Crippen molar-refractivity contribution in [3.63, 3.8) is 0 Å². The van der Waals surface area contributed by atoms with E-state index in [1.54, 1.807) is 0 Å². The van der Waals surface area contributed by atoms with Gasteiger partial charge < -0.3 is 5.32 Å². The van der Waals surface area contributed by atoms with Crippen LogP contribution in [-0.4, -0.2) is 18.9 Å². The van der Waals surface area contributed by atoms with E-state index in [4.69, 9.17) is 0 Å². The van der Waals surface area contributed by atoms with Gasteiger partial charge in [0.05, 0.1) is 0 Å². The van der Waals surface area contributed by atoms with Crippen LogP contribution in [0.25, 0.3) is 0 Å². The zero-order valence-corrected chi connectivity index (χ0v) is 10.7. The Labute approximate surface area is 110 Å². The molecule has 0 saturated carbocycles. The molecule has 0 amide bonds. The van der Waals surface area contributed by atoms with Crippen LogP contribution in [0.2, 0.25) is 0 Å². The summed E-state index contributed by atoms with van der Waals surface area (Å²) in [5, 5.41) is 3.11. The van der Waals surface area contributed by atoms with Gasteiger partial charge in [-0.3, -0.25) is 4.79 Å². The molecule has 5 heteroatoms. The smallest absolute Gasteiger partial charge is 0.194 e. The number of carbonyl (C=O) groups is 1. The fourth-order valence-corrected chi connectivity index (χ4v) is 2.74. The zero-order valence-electron chi connectivity index (χ0n) is 10.7. The zero-order chi connectivity index (χ0) is 14.0. The van der Waals surface area contributed by atoms with Gasteiger partial charge in [0.15, 0.2) is 23.2 Å². The molecule has 0 radical (unpaired) electrons. The Balaban J connectivity index is 2.37. The monoisotopic (exact) mass is 271 g/mol. The van der Waals surface area contributed by atoms with E-state index in [0.717, 1.165) is 18.6 Å². The van der Waals surface area contributed by atoms with Crippen LogP contribution in [0.1, 0.15) is 36.5 Å². The van der Waals surface area contributed by atoms with Gasteiger partial charge in [0.1, 0.15) is 0 Å². The molecule has 19 heavy (non-hydrogen) atoms. The minimum atomic E-state index is -1.54. The molecule has 1 aromatic rings. The van der Waals surface area contributed by atoms with Gasteiger partial charge in [0.2, 0.25) is 0 Å². The van der Waals surface area contributed by atoms with Crippen LogP contribution >= 0.6 is 0 Å². The number of Topliss-reactive ketones (excluding diaryl/α,β-unsaturated/α-hetero) is 1. The Kier molecular flexibility index (Phi) is 3.94. The van der Waals surface area contributed by atoms with Crippen LogP contribution in [0, 0.1) is 22.9 Å². The lowest BCUT2D eigenvalue weighted by atomic mass is 9.76. The summed E-state index contributed by atoms with van der Waals surface area (Å²) in [6, 6.07) is 1.58. The maximum Gasteiger partial charge on any atom is 0.194 e. The molecule has 0 aromatic heterocycles. The van der Waals surface area contributed by atoms with Crippen molar-refractivity contribution >= 4 is 5.78 Å². The summed E-state index contributed by atoms with van der Waals surface area (Å²) in [5.41, 5.74) is -0.709. The molecule has 1 aliphatic heterocycles. The summed E-state index contributed by atoms with van der Waals surface area (Å²) in [6.07, 6.45) is 2.10. The predicted molar refractivity (Wildman–Crippen MR) is 65.5 cm³/mol. The highest BCUT2D eigenvalue weighted by Gasteiger charge is 2.40. The minimum Gasteiger partial charge on any atom is -0.316 e. The van der Waals surface area contributed by atoms with Gasteiger partial charge in [-0.2, -0.15) is 0 Å². The van der Waals surface area contributed by atoms with E-state index in [2.05, 4.69) is 5.32 Å². The molecule has 2 nitrogen and oxygen atoms in total. The van der Waals surface area contributed by atoms with Gasteiger partial charge in [0.25, 0.3) is 0 Å². The highest BCUT2D eigenvalue weighted by atomic mass is 19.2. The van der Waals surface area contributed by atoms with E-state index in [9.17, 15) is 18.0 Å². The molecule has 1 aliphatic rings. The van der Waals surface area contributed by atoms with Crippen LogP contribution in [0.4, 0.5) is 13.2 Å². The first-order valence-corrected chi connectivity index (χ1v) is 6.40. The second-order valence-electron chi connectivity index (χ2n) is 5.04. The van der Waals surface area contributed by atoms with Crippen LogP contribution in [0.5, 0.6) is 0 Å². The number of carbonyl (C=O) groups excluding carboxylic acids is 1. The molecule has 1 heterocycles. The second kappa shape index (κ2) is 5.33. The number of benzene rings is 1. The van der Waals surface area contributed by atoms with Gasteiger partial charge in [0, 0.05) is 17.5 Å². The quantitative estimate of drug-likeness (QED) is 0.673. The maximum atomic E-state index is 13.2. The molecule has 2 rings (SSSR count). The summed E-state index contributed by atoms with van der Waals surface area (Å²) in [4.78, 5) is 12.5. The van der Waals surface area contributed by atoms with Crippen LogP contribution in [-0.2, 0) is 0 Å². The molecule has 1 aromatic carbocycles. The average Bonchev–Trinajstić information content (AvgIpc) is 2.84. The molecule has 104 valence electrons. The Morgan fingerprint density at radius 1 is 1.32 bits per heavy atom. The standard InChI is InChI=1S/C14H16F3NO/c1-2-3-14(4-5-18-8-14)13(19)9-6-10(15)12(17)11(16)7-9/h6-7,18H,2-5,8H2,1H3. The van der Waals surface area contributed by atoms with Gasteiger partial charge in [-0.1, -0.05) is 13.3 Å². The number of hydrogen-bond donors (Lipinski definition) is 1. The molecule has 1 N–H and O–H groups in total. The van der Waals surface area contributed by atoms with E-state index in [1.807, 2.05) is 6.92 Å². The highest BCUT2D eigenvalue weighted by molar-refractivity contribution is 6.01. The molecule has 0 bridgehead atoms. The molecule has 1 fully saturated rings. The number of hydrogen-bond acceptors (Lipinski definition) is 2. The largest absolute Gasteiger partial charge is 0.316 e. The Morgan fingerprint density at radius 2 is 1.95 bits per heavy atom. The predicted octanol–water partition coefficient (Wildman–Crippen LogP) is 3.07. The molecule has 0 spiro atoms.